The normalized spacial score (nSPS) is 20.7. The molecule has 2 fully saturated rings. The van der Waals surface area contributed by atoms with Crippen LogP contribution in [0.3, 0.4) is 0 Å². The highest BCUT2D eigenvalue weighted by molar-refractivity contribution is 7.89. The van der Waals surface area contributed by atoms with Crippen molar-refractivity contribution < 1.29 is 17.9 Å². The van der Waals surface area contributed by atoms with Gasteiger partial charge in [0.05, 0.1) is 10.3 Å². The molecule has 152 valence electrons. The van der Waals surface area contributed by atoms with Crippen LogP contribution in [0.2, 0.25) is 0 Å². The van der Waals surface area contributed by atoms with Gasteiger partial charge in [-0.1, -0.05) is 17.7 Å². The number of nitrogens with zero attached hydrogens (tertiary/aromatic N) is 2. The second-order valence-electron chi connectivity index (χ2n) is 7.11. The highest BCUT2D eigenvalue weighted by Gasteiger charge is 2.42. The lowest BCUT2D eigenvalue weighted by atomic mass is 9.78. The summed E-state index contributed by atoms with van der Waals surface area (Å²) in [5.74, 6) is 0.0377. The van der Waals surface area contributed by atoms with Crippen LogP contribution in [0, 0.1) is 12.3 Å². The van der Waals surface area contributed by atoms with E-state index in [4.69, 9.17) is 10.5 Å². The van der Waals surface area contributed by atoms with E-state index in [2.05, 4.69) is 0 Å². The number of nitrogens with two attached hydrogens (primary N) is 1. The number of amides is 1. The maximum absolute atomic E-state index is 13.0. The van der Waals surface area contributed by atoms with Gasteiger partial charge in [-0.2, -0.15) is 4.31 Å². The lowest BCUT2D eigenvalue weighted by molar-refractivity contribution is -0.148. The summed E-state index contributed by atoms with van der Waals surface area (Å²) in [5, 5.41) is 0. The van der Waals surface area contributed by atoms with Crippen LogP contribution in [-0.2, 0) is 19.6 Å². The summed E-state index contributed by atoms with van der Waals surface area (Å²) in [6, 6.07) is 6.85. The van der Waals surface area contributed by atoms with Crippen molar-refractivity contribution in [3.63, 3.8) is 0 Å². The van der Waals surface area contributed by atoms with Crippen molar-refractivity contribution in [3.8, 4) is 0 Å². The molecular formula is C18H28ClN3O4S. The molecule has 2 aliphatic heterocycles. The largest absolute Gasteiger partial charge is 0.381 e. The summed E-state index contributed by atoms with van der Waals surface area (Å²) in [7, 11) is -3.52. The fraction of sp³-hybridized carbons (Fsp3) is 0.611. The van der Waals surface area contributed by atoms with E-state index in [9.17, 15) is 13.2 Å². The van der Waals surface area contributed by atoms with Gasteiger partial charge in [0, 0.05) is 45.9 Å². The van der Waals surface area contributed by atoms with Crippen molar-refractivity contribution in [2.24, 2.45) is 11.1 Å². The molecule has 0 saturated carbocycles. The number of carbonyl (C=O) groups excluding carboxylic acids is 1. The predicted octanol–water partition coefficient (Wildman–Crippen LogP) is 1.01. The Balaban J connectivity index is 0.00000261. The minimum atomic E-state index is -3.52. The van der Waals surface area contributed by atoms with E-state index >= 15 is 0 Å². The molecule has 2 N–H and O–H groups in total. The number of sulfonamides is 1. The molecule has 1 amide bonds. The monoisotopic (exact) mass is 417 g/mol. The molecule has 0 bridgehead atoms. The van der Waals surface area contributed by atoms with Gasteiger partial charge in [0.1, 0.15) is 0 Å². The molecule has 0 unspecified atom stereocenters. The van der Waals surface area contributed by atoms with Gasteiger partial charge in [-0.05, 0) is 31.9 Å². The van der Waals surface area contributed by atoms with Crippen LogP contribution in [0.15, 0.2) is 29.2 Å². The van der Waals surface area contributed by atoms with Gasteiger partial charge in [-0.3, -0.25) is 4.79 Å². The van der Waals surface area contributed by atoms with E-state index in [0.29, 0.717) is 63.7 Å². The Kier molecular flexibility index (Phi) is 7.27. The minimum absolute atomic E-state index is 0. The van der Waals surface area contributed by atoms with Crippen LogP contribution in [0.1, 0.15) is 18.4 Å². The maximum atomic E-state index is 13.0. The van der Waals surface area contributed by atoms with Gasteiger partial charge in [-0.15, -0.1) is 12.4 Å². The van der Waals surface area contributed by atoms with Crippen molar-refractivity contribution in [2.75, 3.05) is 45.9 Å². The molecular weight excluding hydrogens is 390 g/mol. The van der Waals surface area contributed by atoms with E-state index < -0.39 is 15.4 Å². The fourth-order valence-corrected chi connectivity index (χ4v) is 5.02. The van der Waals surface area contributed by atoms with E-state index in [-0.39, 0.29) is 18.3 Å². The first kappa shape index (κ1) is 22.1. The Morgan fingerprint density at radius 3 is 2.19 bits per heavy atom. The van der Waals surface area contributed by atoms with Gasteiger partial charge in [0.25, 0.3) is 0 Å². The second kappa shape index (κ2) is 8.87. The van der Waals surface area contributed by atoms with Gasteiger partial charge in [0.15, 0.2) is 0 Å². The zero-order valence-corrected chi connectivity index (χ0v) is 17.2. The average Bonchev–Trinajstić information content (AvgIpc) is 2.68. The number of ether oxygens (including phenoxy) is 1. The van der Waals surface area contributed by atoms with Gasteiger partial charge < -0.3 is 15.4 Å². The third-order valence-corrected chi connectivity index (χ3v) is 7.39. The summed E-state index contributed by atoms with van der Waals surface area (Å²) < 4.78 is 32.4. The van der Waals surface area contributed by atoms with Crippen LogP contribution in [-0.4, -0.2) is 69.5 Å². The van der Waals surface area contributed by atoms with Crippen LogP contribution < -0.4 is 5.73 Å². The zero-order valence-electron chi connectivity index (χ0n) is 15.6. The third-order valence-electron chi connectivity index (χ3n) is 5.48. The molecule has 0 radical (unpaired) electrons. The quantitative estimate of drug-likeness (QED) is 0.789. The third kappa shape index (κ3) is 4.46. The van der Waals surface area contributed by atoms with E-state index in [1.165, 1.54) is 4.31 Å². The van der Waals surface area contributed by atoms with E-state index in [1.54, 1.807) is 29.2 Å². The lowest BCUT2D eigenvalue weighted by Gasteiger charge is -2.42. The van der Waals surface area contributed by atoms with Crippen LogP contribution >= 0.6 is 12.4 Å². The van der Waals surface area contributed by atoms with Crippen LogP contribution in [0.4, 0.5) is 0 Å². The number of piperazine rings is 1. The molecule has 1 aromatic rings. The number of hydrogen-bond acceptors (Lipinski definition) is 5. The number of carbonyl (C=O) groups is 1. The molecule has 7 nitrogen and oxygen atoms in total. The highest BCUT2D eigenvalue weighted by Crippen LogP contribution is 2.32. The van der Waals surface area contributed by atoms with Crippen molar-refractivity contribution in [1.29, 1.82) is 0 Å². The number of halogens is 1. The summed E-state index contributed by atoms with van der Waals surface area (Å²) in [6.07, 6.45) is 1.26. The van der Waals surface area contributed by atoms with Gasteiger partial charge >= 0.3 is 0 Å². The molecule has 2 heterocycles. The van der Waals surface area contributed by atoms with Crippen LogP contribution in [0.5, 0.6) is 0 Å². The molecule has 27 heavy (non-hydrogen) atoms. The molecule has 9 heteroatoms. The number of hydrogen-bond donors (Lipinski definition) is 1. The molecule has 3 rings (SSSR count). The standard InChI is InChI=1S/C18H27N3O4S.ClH/c1-15-2-4-16(5-3-15)26(23,24)21-10-8-20(9-11-21)17(22)18(14-19)6-12-25-13-7-18;/h2-5H,6-14,19H2,1H3;1H. The first-order chi connectivity index (χ1) is 12.4. The Labute approximate surface area is 167 Å². The predicted molar refractivity (Wildman–Crippen MR) is 105 cm³/mol. The summed E-state index contributed by atoms with van der Waals surface area (Å²) in [4.78, 5) is 15.1. The van der Waals surface area contributed by atoms with Crippen molar-refractivity contribution in [2.45, 2.75) is 24.7 Å². The zero-order chi connectivity index (χ0) is 18.8. The topological polar surface area (TPSA) is 92.9 Å². The van der Waals surface area contributed by atoms with Crippen LogP contribution in [0.25, 0.3) is 0 Å². The first-order valence-electron chi connectivity index (χ1n) is 9.03. The van der Waals surface area contributed by atoms with Gasteiger partial charge in [0.2, 0.25) is 15.9 Å². The van der Waals surface area contributed by atoms with E-state index in [0.717, 1.165) is 5.56 Å². The van der Waals surface area contributed by atoms with Crippen molar-refractivity contribution in [3.05, 3.63) is 29.8 Å². The average molecular weight is 418 g/mol. The molecule has 0 atom stereocenters. The molecule has 0 aromatic heterocycles. The Bertz CT molecular complexity index is 740. The van der Waals surface area contributed by atoms with Gasteiger partial charge in [-0.25, -0.2) is 8.42 Å². The Hall–Kier alpha value is -1.19. The smallest absolute Gasteiger partial charge is 0.243 e. The summed E-state index contributed by atoms with van der Waals surface area (Å²) in [5.41, 5.74) is 6.38. The maximum Gasteiger partial charge on any atom is 0.243 e. The fourth-order valence-electron chi connectivity index (χ4n) is 3.59. The van der Waals surface area contributed by atoms with Crippen molar-refractivity contribution >= 4 is 28.3 Å². The summed E-state index contributed by atoms with van der Waals surface area (Å²) >= 11 is 0. The minimum Gasteiger partial charge on any atom is -0.381 e. The molecule has 2 saturated heterocycles. The number of aryl methyl sites for hydroxylation is 1. The SMILES string of the molecule is Cc1ccc(S(=O)(=O)N2CCN(C(=O)C3(CN)CCOCC3)CC2)cc1.Cl. The second-order valence-corrected chi connectivity index (χ2v) is 9.04. The van der Waals surface area contributed by atoms with Crippen molar-refractivity contribution in [1.82, 2.24) is 9.21 Å². The number of benzene rings is 1. The summed E-state index contributed by atoms with van der Waals surface area (Å²) in [6.45, 7) is 4.72. The lowest BCUT2D eigenvalue weighted by Crippen LogP contribution is -2.57. The number of rotatable bonds is 4. The Morgan fingerprint density at radius 1 is 1.11 bits per heavy atom. The Morgan fingerprint density at radius 2 is 1.67 bits per heavy atom. The highest BCUT2D eigenvalue weighted by atomic mass is 35.5. The van der Waals surface area contributed by atoms with E-state index in [1.807, 2.05) is 6.92 Å². The first-order valence-corrected chi connectivity index (χ1v) is 10.5. The molecule has 1 aromatic carbocycles. The molecule has 2 aliphatic rings. The molecule has 0 spiro atoms. The molecule has 0 aliphatic carbocycles.